The van der Waals surface area contributed by atoms with Gasteiger partial charge in [0.05, 0.1) is 0 Å². The molecule has 0 unspecified atom stereocenters. The van der Waals surface area contributed by atoms with Crippen molar-refractivity contribution >= 4 is 11.9 Å². The number of hydrogen-bond acceptors (Lipinski definition) is 2. The van der Waals surface area contributed by atoms with E-state index in [0.717, 1.165) is 0 Å². The summed E-state index contributed by atoms with van der Waals surface area (Å²) in [6, 6.07) is 0. The van der Waals surface area contributed by atoms with Crippen molar-refractivity contribution in [2.24, 2.45) is 0 Å². The summed E-state index contributed by atoms with van der Waals surface area (Å²) in [4.78, 5) is 11.7. The van der Waals surface area contributed by atoms with Crippen molar-refractivity contribution in [3.05, 3.63) is 33.9 Å². The molecular formula is C16H17F3O2. The highest BCUT2D eigenvalue weighted by Gasteiger charge is 2.42. The van der Waals surface area contributed by atoms with Crippen molar-refractivity contribution in [2.45, 2.75) is 46.4 Å². The van der Waals surface area contributed by atoms with Crippen molar-refractivity contribution in [1.29, 1.82) is 0 Å². The molecule has 2 nitrogen and oxygen atoms in total. The summed E-state index contributed by atoms with van der Waals surface area (Å²) >= 11 is 0. The van der Waals surface area contributed by atoms with Gasteiger partial charge in [-0.1, -0.05) is 6.08 Å². The minimum Gasteiger partial charge on any atom is -0.483 e. The first-order valence-corrected chi connectivity index (χ1v) is 6.59. The number of fused-ring (bicyclic) bond motifs is 1. The van der Waals surface area contributed by atoms with Crippen LogP contribution < -0.4 is 4.74 Å². The molecule has 0 aromatic heterocycles. The van der Waals surface area contributed by atoms with Gasteiger partial charge < -0.3 is 4.74 Å². The van der Waals surface area contributed by atoms with Gasteiger partial charge in [-0.25, -0.2) is 0 Å². The van der Waals surface area contributed by atoms with Crippen LogP contribution in [0.15, 0.2) is 6.08 Å². The smallest absolute Gasteiger partial charge is 0.454 e. The number of hydrogen-bond donors (Lipinski definition) is 0. The van der Waals surface area contributed by atoms with Gasteiger partial charge in [-0.15, -0.1) is 0 Å². The molecule has 2 rings (SSSR count). The Morgan fingerprint density at radius 1 is 1.10 bits per heavy atom. The van der Waals surface area contributed by atoms with Gasteiger partial charge in [0.1, 0.15) is 11.4 Å². The second-order valence-electron chi connectivity index (χ2n) is 5.86. The lowest BCUT2D eigenvalue weighted by Crippen LogP contribution is -2.30. The van der Waals surface area contributed by atoms with Crippen LogP contribution in [0, 0.1) is 20.8 Å². The third kappa shape index (κ3) is 2.57. The van der Waals surface area contributed by atoms with Crippen molar-refractivity contribution in [3.8, 4) is 5.75 Å². The van der Waals surface area contributed by atoms with Gasteiger partial charge in [0, 0.05) is 11.1 Å². The van der Waals surface area contributed by atoms with E-state index in [1.54, 1.807) is 19.1 Å². The number of alkyl halides is 3. The van der Waals surface area contributed by atoms with Gasteiger partial charge in [-0.3, -0.25) is 4.79 Å². The molecule has 1 aromatic carbocycles. The zero-order valence-corrected chi connectivity index (χ0v) is 12.6. The second-order valence-corrected chi connectivity index (χ2v) is 5.86. The minimum absolute atomic E-state index is 0.272. The molecule has 0 radical (unpaired) electrons. The van der Waals surface area contributed by atoms with Crippen LogP contribution in [-0.4, -0.2) is 17.6 Å². The molecule has 0 aliphatic carbocycles. The van der Waals surface area contributed by atoms with Gasteiger partial charge in [-0.05, 0) is 57.4 Å². The van der Waals surface area contributed by atoms with Crippen LogP contribution >= 0.6 is 0 Å². The van der Waals surface area contributed by atoms with Crippen LogP contribution in [0.3, 0.4) is 0 Å². The van der Waals surface area contributed by atoms with Crippen LogP contribution in [-0.2, 0) is 0 Å². The number of halogens is 3. The van der Waals surface area contributed by atoms with E-state index in [-0.39, 0.29) is 5.56 Å². The van der Waals surface area contributed by atoms with Crippen LogP contribution in [0.1, 0.15) is 46.5 Å². The molecule has 0 saturated carbocycles. The fourth-order valence-corrected chi connectivity index (χ4v) is 2.54. The van der Waals surface area contributed by atoms with Gasteiger partial charge in [0.25, 0.3) is 5.78 Å². The SMILES string of the molecule is Cc1c(C)c(C(=O)C(F)(F)F)c(C)c2c1OC(C)(C)C=C2. The van der Waals surface area contributed by atoms with E-state index in [4.69, 9.17) is 4.74 Å². The largest absolute Gasteiger partial charge is 0.483 e. The first-order chi connectivity index (χ1) is 9.46. The zero-order chi connectivity index (χ0) is 16.2. The molecule has 21 heavy (non-hydrogen) atoms. The summed E-state index contributed by atoms with van der Waals surface area (Å²) < 4.78 is 44.2. The normalized spacial score (nSPS) is 16.4. The Morgan fingerprint density at radius 2 is 1.67 bits per heavy atom. The first-order valence-electron chi connectivity index (χ1n) is 6.59. The maximum Gasteiger partial charge on any atom is 0.454 e. The average molecular weight is 298 g/mol. The number of ketones is 1. The molecule has 0 N–H and O–H groups in total. The van der Waals surface area contributed by atoms with E-state index in [2.05, 4.69) is 0 Å². The van der Waals surface area contributed by atoms with E-state index in [9.17, 15) is 18.0 Å². The highest BCUT2D eigenvalue weighted by Crippen LogP contribution is 2.41. The first kappa shape index (κ1) is 15.6. The van der Waals surface area contributed by atoms with E-state index < -0.39 is 17.6 Å². The molecule has 1 aromatic rings. The van der Waals surface area contributed by atoms with E-state index in [1.807, 2.05) is 13.8 Å². The standard InChI is InChI=1S/C16H17F3O2/c1-8-9(2)13-11(6-7-15(4,5)21-13)10(3)12(8)14(20)16(17,18)19/h6-7H,1-5H3. The van der Waals surface area contributed by atoms with E-state index >= 15 is 0 Å². The van der Waals surface area contributed by atoms with Gasteiger partial charge >= 0.3 is 6.18 Å². The average Bonchev–Trinajstić information content (AvgIpc) is 2.34. The van der Waals surface area contributed by atoms with Crippen molar-refractivity contribution in [2.75, 3.05) is 0 Å². The monoisotopic (exact) mass is 298 g/mol. The number of Topliss-reactive ketones (excluding diaryl/α,β-unsaturated/α-hetero) is 1. The highest BCUT2D eigenvalue weighted by atomic mass is 19.4. The summed E-state index contributed by atoms with van der Waals surface area (Å²) in [5.74, 6) is -1.25. The number of carbonyl (C=O) groups excluding carboxylic acids is 1. The lowest BCUT2D eigenvalue weighted by molar-refractivity contribution is -0.0886. The van der Waals surface area contributed by atoms with Crippen LogP contribution in [0.25, 0.3) is 6.08 Å². The molecule has 0 spiro atoms. The highest BCUT2D eigenvalue weighted by molar-refractivity contribution is 6.04. The Morgan fingerprint density at radius 3 is 2.19 bits per heavy atom. The summed E-state index contributed by atoms with van der Waals surface area (Å²) in [6.45, 7) is 8.46. The summed E-state index contributed by atoms with van der Waals surface area (Å²) in [7, 11) is 0. The molecule has 0 fully saturated rings. The van der Waals surface area contributed by atoms with E-state index in [0.29, 0.717) is 28.0 Å². The molecule has 0 bridgehead atoms. The molecule has 5 heteroatoms. The zero-order valence-electron chi connectivity index (χ0n) is 12.6. The Labute approximate surface area is 121 Å². The van der Waals surface area contributed by atoms with E-state index in [1.165, 1.54) is 13.8 Å². The maximum atomic E-state index is 12.8. The topological polar surface area (TPSA) is 26.3 Å². The predicted molar refractivity (Wildman–Crippen MR) is 74.8 cm³/mol. The molecule has 114 valence electrons. The fourth-order valence-electron chi connectivity index (χ4n) is 2.54. The molecule has 0 atom stereocenters. The second kappa shape index (κ2) is 4.61. The number of benzene rings is 1. The fraction of sp³-hybridized carbons (Fsp3) is 0.438. The van der Waals surface area contributed by atoms with Crippen LogP contribution in [0.2, 0.25) is 0 Å². The van der Waals surface area contributed by atoms with Gasteiger partial charge in [0.15, 0.2) is 0 Å². The Kier molecular flexibility index (Phi) is 3.43. The lowest BCUT2D eigenvalue weighted by atomic mass is 9.87. The third-order valence-corrected chi connectivity index (χ3v) is 3.80. The molecular weight excluding hydrogens is 281 g/mol. The number of carbonyl (C=O) groups is 1. The predicted octanol–water partition coefficient (Wildman–Crippen LogP) is 4.54. The Hall–Kier alpha value is -1.78. The molecule has 0 saturated heterocycles. The lowest BCUT2D eigenvalue weighted by Gasteiger charge is -2.31. The van der Waals surface area contributed by atoms with Crippen LogP contribution in [0.4, 0.5) is 13.2 Å². The summed E-state index contributed by atoms with van der Waals surface area (Å²) in [6.07, 6.45) is -1.37. The maximum absolute atomic E-state index is 12.8. The quantitative estimate of drug-likeness (QED) is 0.711. The van der Waals surface area contributed by atoms with Gasteiger partial charge in [-0.2, -0.15) is 13.2 Å². The molecule has 1 aliphatic heterocycles. The third-order valence-electron chi connectivity index (χ3n) is 3.80. The van der Waals surface area contributed by atoms with Crippen molar-refractivity contribution in [3.63, 3.8) is 0 Å². The van der Waals surface area contributed by atoms with Crippen molar-refractivity contribution < 1.29 is 22.7 Å². The van der Waals surface area contributed by atoms with Gasteiger partial charge in [0.2, 0.25) is 0 Å². The van der Waals surface area contributed by atoms with Crippen LogP contribution in [0.5, 0.6) is 5.75 Å². The summed E-state index contributed by atoms with van der Waals surface area (Å²) in [5.41, 5.74) is 0.950. The molecule has 0 amide bonds. The number of ether oxygens (including phenoxy) is 1. The molecule has 1 heterocycles. The minimum atomic E-state index is -4.88. The van der Waals surface area contributed by atoms with Crippen molar-refractivity contribution in [1.82, 2.24) is 0 Å². The summed E-state index contributed by atoms with van der Waals surface area (Å²) in [5, 5.41) is 0. The number of rotatable bonds is 1. The Bertz CT molecular complexity index is 653. The molecule has 1 aliphatic rings. The Balaban J connectivity index is 2.74.